The average molecular weight is 408 g/mol. The van der Waals surface area contributed by atoms with Gasteiger partial charge in [-0.15, -0.1) is 0 Å². The Balaban J connectivity index is 2.25. The summed E-state index contributed by atoms with van der Waals surface area (Å²) in [6.45, 7) is 5.28. The largest absolute Gasteiger partial charge is 0.534 e. The molecule has 9 heteroatoms. The lowest BCUT2D eigenvalue weighted by molar-refractivity contribution is -0.158. The third-order valence-electron chi connectivity index (χ3n) is 4.26. The Hall–Kier alpha value is -1.77. The summed E-state index contributed by atoms with van der Waals surface area (Å²) >= 11 is 0. The smallest absolute Gasteiger partial charge is 0.459 e. The highest BCUT2D eigenvalue weighted by Crippen LogP contribution is 2.39. The highest BCUT2D eigenvalue weighted by Gasteiger charge is 2.48. The van der Waals surface area contributed by atoms with Gasteiger partial charge in [-0.05, 0) is 57.2 Å². The molecule has 1 aromatic carbocycles. The summed E-state index contributed by atoms with van der Waals surface area (Å²) in [4.78, 5) is 12.7. The van der Waals surface area contributed by atoms with E-state index in [0.717, 1.165) is 37.8 Å². The summed E-state index contributed by atoms with van der Waals surface area (Å²) in [6.07, 6.45) is 3.69. The van der Waals surface area contributed by atoms with E-state index in [1.54, 1.807) is 20.8 Å². The van der Waals surface area contributed by atoms with Crippen LogP contribution < -0.4 is 4.18 Å². The first-order valence-corrected chi connectivity index (χ1v) is 10.0. The highest BCUT2D eigenvalue weighted by molar-refractivity contribution is 7.88. The molecule has 0 bridgehead atoms. The van der Waals surface area contributed by atoms with Crippen LogP contribution in [0.4, 0.5) is 13.2 Å². The molecule has 0 spiro atoms. The molecule has 1 atom stereocenters. The number of halogens is 3. The molecule has 1 aliphatic carbocycles. The van der Waals surface area contributed by atoms with Crippen molar-refractivity contribution in [2.45, 2.75) is 63.5 Å². The van der Waals surface area contributed by atoms with Gasteiger partial charge in [-0.1, -0.05) is 25.0 Å². The average Bonchev–Trinajstić information content (AvgIpc) is 3.00. The number of alkyl halides is 3. The van der Waals surface area contributed by atoms with E-state index in [2.05, 4.69) is 4.18 Å². The summed E-state index contributed by atoms with van der Waals surface area (Å²) in [5.74, 6) is -1.35. The first kappa shape index (κ1) is 21.5. The molecule has 1 unspecified atom stereocenters. The zero-order valence-corrected chi connectivity index (χ0v) is 16.2. The fourth-order valence-electron chi connectivity index (χ4n) is 3.16. The predicted molar refractivity (Wildman–Crippen MR) is 92.6 cm³/mol. The molecule has 0 aromatic heterocycles. The molecule has 0 aliphatic heterocycles. The fourth-order valence-corrected chi connectivity index (χ4v) is 3.62. The van der Waals surface area contributed by atoms with Crippen LogP contribution in [0.1, 0.15) is 57.9 Å². The number of hydrogen-bond donors (Lipinski definition) is 0. The van der Waals surface area contributed by atoms with Gasteiger partial charge in [-0.3, -0.25) is 4.79 Å². The van der Waals surface area contributed by atoms with E-state index in [0.29, 0.717) is 5.56 Å². The lowest BCUT2D eigenvalue weighted by Crippen LogP contribution is -2.30. The fraction of sp³-hybridized carbons (Fsp3) is 0.611. The molecule has 1 fully saturated rings. The minimum atomic E-state index is -5.73. The summed E-state index contributed by atoms with van der Waals surface area (Å²) in [5.41, 5.74) is -5.61. The van der Waals surface area contributed by atoms with E-state index in [1.165, 1.54) is 12.1 Å². The molecule has 1 saturated carbocycles. The van der Waals surface area contributed by atoms with Gasteiger partial charge in [0.15, 0.2) is 0 Å². The van der Waals surface area contributed by atoms with Gasteiger partial charge < -0.3 is 8.92 Å². The Morgan fingerprint density at radius 3 is 2.04 bits per heavy atom. The second-order valence-electron chi connectivity index (χ2n) is 7.61. The van der Waals surface area contributed by atoms with E-state index < -0.39 is 38.9 Å². The van der Waals surface area contributed by atoms with E-state index in [1.807, 2.05) is 0 Å². The van der Waals surface area contributed by atoms with Crippen molar-refractivity contribution in [3.05, 3.63) is 29.8 Å². The van der Waals surface area contributed by atoms with Crippen LogP contribution in [0.5, 0.6) is 5.75 Å². The number of carbonyl (C=O) groups excluding carboxylic acids is 1. The van der Waals surface area contributed by atoms with Crippen molar-refractivity contribution in [2.24, 2.45) is 5.92 Å². The number of carbonyl (C=O) groups is 1. The van der Waals surface area contributed by atoms with Gasteiger partial charge >= 0.3 is 21.6 Å². The van der Waals surface area contributed by atoms with Crippen LogP contribution in [0, 0.1) is 5.92 Å². The Morgan fingerprint density at radius 1 is 1.07 bits per heavy atom. The number of ether oxygens (including phenoxy) is 1. The first-order valence-electron chi connectivity index (χ1n) is 8.64. The van der Waals surface area contributed by atoms with Gasteiger partial charge in [-0.2, -0.15) is 21.6 Å². The molecule has 0 N–H and O–H groups in total. The molecule has 0 amide bonds. The minimum Gasteiger partial charge on any atom is -0.459 e. The zero-order valence-electron chi connectivity index (χ0n) is 15.4. The van der Waals surface area contributed by atoms with Crippen molar-refractivity contribution in [1.82, 2.24) is 0 Å². The van der Waals surface area contributed by atoms with Gasteiger partial charge in [0.25, 0.3) is 0 Å². The van der Waals surface area contributed by atoms with Crippen LogP contribution in [0.15, 0.2) is 24.3 Å². The van der Waals surface area contributed by atoms with Gasteiger partial charge in [0, 0.05) is 0 Å². The normalized spacial score (nSPS) is 17.6. The summed E-state index contributed by atoms with van der Waals surface area (Å²) < 4.78 is 69.1. The molecular weight excluding hydrogens is 385 g/mol. The molecule has 0 saturated heterocycles. The second-order valence-corrected chi connectivity index (χ2v) is 9.15. The number of esters is 1. The SMILES string of the molecule is CC(C)(C)OC(=O)C(c1ccc(OS(=O)(=O)C(F)(F)F)cc1)C1CCCC1. The van der Waals surface area contributed by atoms with Gasteiger partial charge in [0.05, 0.1) is 5.92 Å². The van der Waals surface area contributed by atoms with E-state index in [4.69, 9.17) is 4.74 Å². The Bertz CT molecular complexity index is 758. The predicted octanol–water partition coefficient (Wildman–Crippen LogP) is 4.53. The quantitative estimate of drug-likeness (QED) is 0.407. The second kappa shape index (κ2) is 7.69. The lowest BCUT2D eigenvalue weighted by Gasteiger charge is -2.27. The third-order valence-corrected chi connectivity index (χ3v) is 5.24. The van der Waals surface area contributed by atoms with Crippen LogP contribution in [0.25, 0.3) is 0 Å². The minimum absolute atomic E-state index is 0.0746. The van der Waals surface area contributed by atoms with Crippen LogP contribution in [0.2, 0.25) is 0 Å². The monoisotopic (exact) mass is 408 g/mol. The van der Waals surface area contributed by atoms with Crippen LogP contribution in [0.3, 0.4) is 0 Å². The molecule has 1 aliphatic rings. The van der Waals surface area contributed by atoms with Gasteiger partial charge in [-0.25, -0.2) is 0 Å². The first-order chi connectivity index (χ1) is 12.3. The van der Waals surface area contributed by atoms with Crippen molar-refractivity contribution in [1.29, 1.82) is 0 Å². The van der Waals surface area contributed by atoms with E-state index >= 15 is 0 Å². The van der Waals surface area contributed by atoms with Crippen molar-refractivity contribution in [2.75, 3.05) is 0 Å². The molecular formula is C18H23F3O5S. The molecule has 5 nitrogen and oxygen atoms in total. The maximum atomic E-state index is 12.7. The Morgan fingerprint density at radius 2 is 1.59 bits per heavy atom. The molecule has 152 valence electrons. The zero-order chi connectivity index (χ0) is 20.5. The van der Waals surface area contributed by atoms with E-state index in [-0.39, 0.29) is 5.92 Å². The van der Waals surface area contributed by atoms with Crippen LogP contribution in [-0.4, -0.2) is 25.5 Å². The summed E-state index contributed by atoms with van der Waals surface area (Å²) in [5, 5.41) is 0. The lowest BCUT2D eigenvalue weighted by atomic mass is 9.84. The maximum Gasteiger partial charge on any atom is 0.534 e. The third kappa shape index (κ3) is 5.60. The van der Waals surface area contributed by atoms with Crippen LogP contribution in [-0.2, 0) is 19.6 Å². The van der Waals surface area contributed by atoms with Crippen molar-refractivity contribution in [3.63, 3.8) is 0 Å². The standard InChI is InChI=1S/C18H23F3O5S/c1-17(2,3)25-16(22)15(12-6-4-5-7-12)13-8-10-14(11-9-13)26-27(23,24)18(19,20)21/h8-12,15H,4-7H2,1-3H3. The van der Waals surface area contributed by atoms with Crippen molar-refractivity contribution >= 4 is 16.1 Å². The summed E-state index contributed by atoms with van der Waals surface area (Å²) in [6, 6.07) is 5.05. The molecule has 1 aromatic rings. The molecule has 0 heterocycles. The molecule has 27 heavy (non-hydrogen) atoms. The number of hydrogen-bond acceptors (Lipinski definition) is 5. The Kier molecular flexibility index (Phi) is 6.13. The summed E-state index contributed by atoms with van der Waals surface area (Å²) in [7, 11) is -5.73. The van der Waals surface area contributed by atoms with Crippen molar-refractivity contribution in [3.8, 4) is 5.75 Å². The van der Waals surface area contributed by atoms with Crippen LogP contribution >= 0.6 is 0 Å². The maximum absolute atomic E-state index is 12.7. The van der Waals surface area contributed by atoms with Gasteiger partial charge in [0.1, 0.15) is 11.4 Å². The van der Waals surface area contributed by atoms with E-state index in [9.17, 15) is 26.4 Å². The number of benzene rings is 1. The van der Waals surface area contributed by atoms with Gasteiger partial charge in [0.2, 0.25) is 0 Å². The Labute approximate surface area is 157 Å². The topological polar surface area (TPSA) is 69.7 Å². The van der Waals surface area contributed by atoms with Crippen molar-refractivity contribution < 1.29 is 35.3 Å². The highest BCUT2D eigenvalue weighted by atomic mass is 32.2. The molecule has 0 radical (unpaired) electrons. The number of rotatable bonds is 5. The molecule has 2 rings (SSSR count).